The molecule has 19 heavy (non-hydrogen) atoms. The van der Waals surface area contributed by atoms with Crippen LogP contribution in [0.3, 0.4) is 0 Å². The van der Waals surface area contributed by atoms with Crippen LogP contribution in [0.25, 0.3) is 0 Å². The molecule has 1 rings (SSSR count). The van der Waals surface area contributed by atoms with Crippen molar-refractivity contribution in [2.24, 2.45) is 11.3 Å². The molecule has 0 spiro atoms. The Morgan fingerprint density at radius 2 is 1.68 bits per heavy atom. The minimum Gasteiger partial charge on any atom is -0.356 e. The van der Waals surface area contributed by atoms with Crippen LogP contribution < -0.4 is 5.32 Å². The number of unbranched alkanes of at least 4 members (excludes halogenated alkanes) is 1. The predicted molar refractivity (Wildman–Crippen MR) is 77.9 cm³/mol. The third-order valence-electron chi connectivity index (χ3n) is 3.88. The van der Waals surface area contributed by atoms with Crippen molar-refractivity contribution >= 4 is 11.7 Å². The molecule has 0 heterocycles. The molecule has 0 aliphatic heterocycles. The van der Waals surface area contributed by atoms with Crippen molar-refractivity contribution in [3.8, 4) is 0 Å². The number of carbonyl (C=O) groups excluding carboxylic acids is 2. The Kier molecular flexibility index (Phi) is 6.53. The molecule has 0 aromatic carbocycles. The van der Waals surface area contributed by atoms with E-state index in [-0.39, 0.29) is 11.3 Å². The lowest BCUT2D eigenvalue weighted by molar-refractivity contribution is -0.128. The lowest BCUT2D eigenvalue weighted by Crippen LogP contribution is -2.35. The molecule has 0 atom stereocenters. The van der Waals surface area contributed by atoms with E-state index in [1.54, 1.807) is 0 Å². The molecule has 0 aromatic heterocycles. The Bertz CT molecular complexity index is 298. The van der Waals surface area contributed by atoms with Gasteiger partial charge in [0.15, 0.2) is 0 Å². The van der Waals surface area contributed by atoms with Crippen LogP contribution in [0.1, 0.15) is 72.1 Å². The smallest absolute Gasteiger partial charge is 0.225 e. The summed E-state index contributed by atoms with van der Waals surface area (Å²) in [6, 6.07) is 0. The van der Waals surface area contributed by atoms with E-state index >= 15 is 0 Å². The summed E-state index contributed by atoms with van der Waals surface area (Å²) < 4.78 is 0. The van der Waals surface area contributed by atoms with E-state index in [0.29, 0.717) is 24.7 Å². The van der Waals surface area contributed by atoms with Gasteiger partial charge in [0, 0.05) is 24.3 Å². The van der Waals surface area contributed by atoms with E-state index in [0.717, 1.165) is 25.7 Å². The summed E-state index contributed by atoms with van der Waals surface area (Å²) >= 11 is 0. The largest absolute Gasteiger partial charge is 0.356 e. The van der Waals surface area contributed by atoms with Crippen LogP contribution in [0.4, 0.5) is 0 Å². The molecule has 0 bridgehead atoms. The van der Waals surface area contributed by atoms with Gasteiger partial charge < -0.3 is 5.32 Å². The molecule has 0 unspecified atom stereocenters. The van der Waals surface area contributed by atoms with Gasteiger partial charge in [0.1, 0.15) is 5.78 Å². The van der Waals surface area contributed by atoms with Crippen LogP contribution in [0.2, 0.25) is 0 Å². The Hall–Kier alpha value is -0.860. The monoisotopic (exact) mass is 267 g/mol. The van der Waals surface area contributed by atoms with E-state index in [1.165, 1.54) is 19.3 Å². The fourth-order valence-corrected chi connectivity index (χ4v) is 2.52. The van der Waals surface area contributed by atoms with Crippen molar-refractivity contribution in [3.05, 3.63) is 0 Å². The maximum absolute atomic E-state index is 12.0. The van der Waals surface area contributed by atoms with Crippen LogP contribution in [0, 0.1) is 11.3 Å². The zero-order chi connectivity index (χ0) is 14.3. The van der Waals surface area contributed by atoms with Crippen LogP contribution >= 0.6 is 0 Å². The highest BCUT2D eigenvalue weighted by atomic mass is 16.2. The quantitative estimate of drug-likeness (QED) is 0.749. The Balaban J connectivity index is 2.07. The van der Waals surface area contributed by atoms with Gasteiger partial charge in [-0.05, 0) is 25.7 Å². The molecule has 1 fully saturated rings. The molecule has 3 heteroatoms. The third-order valence-corrected chi connectivity index (χ3v) is 3.88. The van der Waals surface area contributed by atoms with Crippen molar-refractivity contribution in [1.82, 2.24) is 5.32 Å². The van der Waals surface area contributed by atoms with Crippen LogP contribution in [-0.2, 0) is 9.59 Å². The van der Waals surface area contributed by atoms with Gasteiger partial charge in [-0.25, -0.2) is 0 Å². The number of hydrogen-bond acceptors (Lipinski definition) is 2. The molecule has 3 nitrogen and oxygen atoms in total. The van der Waals surface area contributed by atoms with E-state index in [2.05, 4.69) is 5.32 Å². The average molecular weight is 267 g/mol. The number of amides is 1. The highest BCUT2D eigenvalue weighted by Crippen LogP contribution is 2.25. The van der Waals surface area contributed by atoms with Gasteiger partial charge in [-0.2, -0.15) is 0 Å². The summed E-state index contributed by atoms with van der Waals surface area (Å²) in [4.78, 5) is 23.6. The Morgan fingerprint density at radius 1 is 1.05 bits per heavy atom. The summed E-state index contributed by atoms with van der Waals surface area (Å²) in [6.07, 6.45) is 8.42. The zero-order valence-corrected chi connectivity index (χ0v) is 12.8. The fourth-order valence-electron chi connectivity index (χ4n) is 2.52. The molecule has 0 aromatic rings. The number of Topliss-reactive ketones (excluding diaryl/α,β-unsaturated/α-hetero) is 1. The number of ketones is 1. The second-order valence-corrected chi connectivity index (χ2v) is 6.76. The van der Waals surface area contributed by atoms with Gasteiger partial charge in [-0.1, -0.05) is 40.0 Å². The van der Waals surface area contributed by atoms with E-state index in [4.69, 9.17) is 0 Å². The van der Waals surface area contributed by atoms with Gasteiger partial charge in [0.2, 0.25) is 5.91 Å². The zero-order valence-electron chi connectivity index (χ0n) is 12.8. The van der Waals surface area contributed by atoms with Gasteiger partial charge in [-0.3, -0.25) is 9.59 Å². The number of rotatable bonds is 6. The summed E-state index contributed by atoms with van der Waals surface area (Å²) in [6.45, 7) is 6.42. The Labute approximate surface area is 117 Å². The fraction of sp³-hybridized carbons (Fsp3) is 0.875. The third kappa shape index (κ3) is 6.22. The molecule has 1 N–H and O–H groups in total. The van der Waals surface area contributed by atoms with Crippen molar-refractivity contribution in [2.75, 3.05) is 6.54 Å². The highest BCUT2D eigenvalue weighted by Gasteiger charge is 2.21. The van der Waals surface area contributed by atoms with Crippen molar-refractivity contribution in [1.29, 1.82) is 0 Å². The SMILES string of the molecule is CC(C)(C)C(=O)NCCCCC(=O)C1CCCCC1. The van der Waals surface area contributed by atoms with Crippen LogP contribution in [0.15, 0.2) is 0 Å². The van der Waals surface area contributed by atoms with Gasteiger partial charge >= 0.3 is 0 Å². The van der Waals surface area contributed by atoms with Crippen molar-refractivity contribution in [2.45, 2.75) is 72.1 Å². The van der Waals surface area contributed by atoms with E-state index in [9.17, 15) is 9.59 Å². The van der Waals surface area contributed by atoms with E-state index in [1.807, 2.05) is 20.8 Å². The maximum Gasteiger partial charge on any atom is 0.225 e. The topological polar surface area (TPSA) is 46.2 Å². The average Bonchev–Trinajstić information content (AvgIpc) is 2.37. The van der Waals surface area contributed by atoms with Gasteiger partial charge in [0.25, 0.3) is 0 Å². The summed E-state index contributed by atoms with van der Waals surface area (Å²) in [5.74, 6) is 0.867. The lowest BCUT2D eigenvalue weighted by atomic mass is 9.85. The second kappa shape index (κ2) is 7.66. The summed E-state index contributed by atoms with van der Waals surface area (Å²) in [5, 5.41) is 2.93. The molecular weight excluding hydrogens is 238 g/mol. The number of nitrogens with one attached hydrogen (secondary N) is 1. The minimum atomic E-state index is -0.322. The molecule has 0 radical (unpaired) electrons. The van der Waals surface area contributed by atoms with Crippen LogP contribution in [0.5, 0.6) is 0 Å². The molecule has 0 saturated heterocycles. The molecule has 1 aliphatic carbocycles. The first-order valence-corrected chi connectivity index (χ1v) is 7.72. The second-order valence-electron chi connectivity index (χ2n) is 6.76. The summed E-state index contributed by atoms with van der Waals surface area (Å²) in [7, 11) is 0. The molecule has 1 saturated carbocycles. The Morgan fingerprint density at radius 3 is 2.26 bits per heavy atom. The molecule has 110 valence electrons. The predicted octanol–water partition coefficient (Wildman–Crippen LogP) is 3.47. The van der Waals surface area contributed by atoms with Crippen LogP contribution in [-0.4, -0.2) is 18.2 Å². The maximum atomic E-state index is 12.0. The first-order chi connectivity index (χ1) is 8.91. The number of hydrogen-bond donors (Lipinski definition) is 1. The summed E-state index contributed by atoms with van der Waals surface area (Å²) in [5.41, 5.74) is -0.322. The first kappa shape index (κ1) is 16.2. The highest BCUT2D eigenvalue weighted by molar-refractivity contribution is 5.81. The normalized spacial score (nSPS) is 17.2. The number of carbonyl (C=O) groups is 2. The van der Waals surface area contributed by atoms with Gasteiger partial charge in [-0.15, -0.1) is 0 Å². The first-order valence-electron chi connectivity index (χ1n) is 7.72. The molecule has 1 amide bonds. The standard InChI is InChI=1S/C16H29NO2/c1-16(2,3)15(19)17-12-8-7-11-14(18)13-9-5-4-6-10-13/h13H,4-12H2,1-3H3,(H,17,19). The lowest BCUT2D eigenvalue weighted by Gasteiger charge is -2.20. The van der Waals surface area contributed by atoms with Gasteiger partial charge in [0.05, 0.1) is 0 Å². The molecular formula is C16H29NO2. The molecule has 1 aliphatic rings. The van der Waals surface area contributed by atoms with Crippen molar-refractivity contribution < 1.29 is 9.59 Å². The van der Waals surface area contributed by atoms with Crippen molar-refractivity contribution in [3.63, 3.8) is 0 Å². The minimum absolute atomic E-state index is 0.0890. The van der Waals surface area contributed by atoms with E-state index < -0.39 is 0 Å².